The molecule has 0 fully saturated rings. The fourth-order valence-corrected chi connectivity index (χ4v) is 1.73. The summed E-state index contributed by atoms with van der Waals surface area (Å²) in [6, 6.07) is 4.14. The molecule has 0 unspecified atom stereocenters. The maximum absolute atomic E-state index is 5.66. The Bertz CT molecular complexity index is 320. The predicted molar refractivity (Wildman–Crippen MR) is 68.9 cm³/mol. The van der Waals surface area contributed by atoms with E-state index in [1.165, 1.54) is 5.56 Å². The minimum atomic E-state index is 0.509. The van der Waals surface area contributed by atoms with Gasteiger partial charge in [0.15, 0.2) is 0 Å². The third-order valence-corrected chi connectivity index (χ3v) is 2.52. The van der Waals surface area contributed by atoms with E-state index in [-0.39, 0.29) is 0 Å². The molecular weight excluding hydrogens is 216 g/mol. The van der Waals surface area contributed by atoms with Crippen LogP contribution in [0.15, 0.2) is 12.1 Å². The van der Waals surface area contributed by atoms with Crippen molar-refractivity contribution in [2.45, 2.75) is 33.8 Å². The summed E-state index contributed by atoms with van der Waals surface area (Å²) in [4.78, 5) is 0. The van der Waals surface area contributed by atoms with Gasteiger partial charge in [-0.25, -0.2) is 0 Å². The van der Waals surface area contributed by atoms with E-state index in [2.05, 4.69) is 19.1 Å². The normalized spacial score (nSPS) is 10.4. The molecule has 0 saturated heterocycles. The predicted octanol–water partition coefficient (Wildman–Crippen LogP) is 3.19. The van der Waals surface area contributed by atoms with Crippen molar-refractivity contribution in [1.82, 2.24) is 0 Å². The van der Waals surface area contributed by atoms with E-state index in [1.807, 2.05) is 13.8 Å². The molecule has 1 aromatic rings. The van der Waals surface area contributed by atoms with Crippen molar-refractivity contribution in [2.75, 3.05) is 20.3 Å². The Labute approximate surface area is 104 Å². The summed E-state index contributed by atoms with van der Waals surface area (Å²) >= 11 is 0. The Morgan fingerprint density at radius 2 is 1.47 bits per heavy atom. The van der Waals surface area contributed by atoms with Crippen LogP contribution < -0.4 is 9.47 Å². The summed E-state index contributed by atoms with van der Waals surface area (Å²) in [6.45, 7) is 7.89. The van der Waals surface area contributed by atoms with Crippen LogP contribution in [-0.4, -0.2) is 20.3 Å². The second kappa shape index (κ2) is 7.17. The number of rotatable bonds is 7. The summed E-state index contributed by atoms with van der Waals surface area (Å²) in [6.07, 6.45) is 0.966. The number of ether oxygens (including phenoxy) is 3. The quantitative estimate of drug-likeness (QED) is 0.730. The van der Waals surface area contributed by atoms with E-state index in [1.54, 1.807) is 7.11 Å². The van der Waals surface area contributed by atoms with Gasteiger partial charge in [0.25, 0.3) is 0 Å². The van der Waals surface area contributed by atoms with Gasteiger partial charge in [0, 0.05) is 7.11 Å². The molecule has 0 spiro atoms. The average Bonchev–Trinajstić information content (AvgIpc) is 2.33. The molecule has 0 bridgehead atoms. The molecule has 17 heavy (non-hydrogen) atoms. The van der Waals surface area contributed by atoms with Gasteiger partial charge in [-0.2, -0.15) is 0 Å². The topological polar surface area (TPSA) is 27.7 Å². The highest BCUT2D eigenvalue weighted by atomic mass is 16.5. The summed E-state index contributed by atoms with van der Waals surface area (Å²) in [5.41, 5.74) is 2.21. The highest BCUT2D eigenvalue weighted by molar-refractivity contribution is 5.48. The van der Waals surface area contributed by atoms with Crippen molar-refractivity contribution in [3.63, 3.8) is 0 Å². The lowest BCUT2D eigenvalue weighted by atomic mass is 10.1. The van der Waals surface area contributed by atoms with Crippen LogP contribution in [0.3, 0.4) is 0 Å². The van der Waals surface area contributed by atoms with Crippen molar-refractivity contribution in [3.05, 3.63) is 23.3 Å². The summed E-state index contributed by atoms with van der Waals surface area (Å²) in [5, 5.41) is 0. The largest absolute Gasteiger partial charge is 0.493 e. The first-order valence-corrected chi connectivity index (χ1v) is 6.17. The highest BCUT2D eigenvalue weighted by Crippen LogP contribution is 2.32. The molecule has 0 N–H and O–H groups in total. The van der Waals surface area contributed by atoms with Crippen molar-refractivity contribution in [2.24, 2.45) is 0 Å². The molecule has 0 amide bonds. The lowest BCUT2D eigenvalue weighted by Gasteiger charge is -2.16. The number of hydrogen-bond acceptors (Lipinski definition) is 3. The molecule has 0 radical (unpaired) electrons. The van der Waals surface area contributed by atoms with Gasteiger partial charge in [-0.15, -0.1) is 0 Å². The first-order valence-electron chi connectivity index (χ1n) is 6.17. The SMILES string of the molecule is CCOc1cc(CC)cc(OCC)c1COC. The Hall–Kier alpha value is -1.22. The van der Waals surface area contributed by atoms with Crippen molar-refractivity contribution in [1.29, 1.82) is 0 Å². The highest BCUT2D eigenvalue weighted by Gasteiger charge is 2.12. The van der Waals surface area contributed by atoms with Gasteiger partial charge < -0.3 is 14.2 Å². The lowest BCUT2D eigenvalue weighted by Crippen LogP contribution is -2.04. The Balaban J connectivity index is 3.16. The first-order chi connectivity index (χ1) is 8.26. The van der Waals surface area contributed by atoms with E-state index in [9.17, 15) is 0 Å². The third kappa shape index (κ3) is 3.63. The van der Waals surface area contributed by atoms with Crippen molar-refractivity contribution >= 4 is 0 Å². The molecule has 0 aliphatic carbocycles. The number of hydrogen-bond donors (Lipinski definition) is 0. The van der Waals surface area contributed by atoms with E-state index in [0.29, 0.717) is 19.8 Å². The van der Waals surface area contributed by atoms with E-state index in [0.717, 1.165) is 23.5 Å². The molecule has 0 aliphatic heterocycles. The van der Waals surface area contributed by atoms with Gasteiger partial charge in [-0.1, -0.05) is 6.92 Å². The van der Waals surface area contributed by atoms with Crippen LogP contribution in [0.25, 0.3) is 0 Å². The lowest BCUT2D eigenvalue weighted by molar-refractivity contribution is 0.175. The van der Waals surface area contributed by atoms with Gasteiger partial charge in [0.1, 0.15) is 11.5 Å². The van der Waals surface area contributed by atoms with Crippen LogP contribution in [0.5, 0.6) is 11.5 Å². The minimum absolute atomic E-state index is 0.509. The minimum Gasteiger partial charge on any atom is -0.493 e. The molecule has 96 valence electrons. The fraction of sp³-hybridized carbons (Fsp3) is 0.571. The van der Waals surface area contributed by atoms with Crippen LogP contribution in [0.4, 0.5) is 0 Å². The second-order valence-electron chi connectivity index (χ2n) is 3.72. The number of aryl methyl sites for hydroxylation is 1. The molecule has 0 atom stereocenters. The smallest absolute Gasteiger partial charge is 0.128 e. The van der Waals surface area contributed by atoms with E-state index >= 15 is 0 Å². The fourth-order valence-electron chi connectivity index (χ4n) is 1.73. The monoisotopic (exact) mass is 238 g/mol. The van der Waals surface area contributed by atoms with Gasteiger partial charge in [-0.3, -0.25) is 0 Å². The first kappa shape index (κ1) is 13.8. The number of benzene rings is 1. The molecule has 0 saturated carbocycles. The summed E-state index contributed by atoms with van der Waals surface area (Å²) in [5.74, 6) is 1.74. The van der Waals surface area contributed by atoms with Crippen molar-refractivity contribution in [3.8, 4) is 11.5 Å². The Kier molecular flexibility index (Phi) is 5.84. The van der Waals surface area contributed by atoms with Crippen molar-refractivity contribution < 1.29 is 14.2 Å². The molecular formula is C14H22O3. The van der Waals surface area contributed by atoms with Gasteiger partial charge in [0.05, 0.1) is 25.4 Å². The average molecular weight is 238 g/mol. The maximum Gasteiger partial charge on any atom is 0.128 e. The number of methoxy groups -OCH3 is 1. The Morgan fingerprint density at radius 3 is 1.82 bits per heavy atom. The summed E-state index contributed by atoms with van der Waals surface area (Å²) in [7, 11) is 1.68. The zero-order valence-electron chi connectivity index (χ0n) is 11.2. The van der Waals surface area contributed by atoms with Crippen LogP contribution in [-0.2, 0) is 17.8 Å². The van der Waals surface area contributed by atoms with Crippen LogP contribution in [0.1, 0.15) is 31.9 Å². The molecule has 0 aliphatic rings. The Morgan fingerprint density at radius 1 is 0.941 bits per heavy atom. The third-order valence-electron chi connectivity index (χ3n) is 2.52. The zero-order chi connectivity index (χ0) is 12.7. The molecule has 3 nitrogen and oxygen atoms in total. The van der Waals surface area contributed by atoms with E-state index in [4.69, 9.17) is 14.2 Å². The second-order valence-corrected chi connectivity index (χ2v) is 3.72. The molecule has 3 heteroatoms. The van der Waals surface area contributed by atoms with Crippen LogP contribution >= 0.6 is 0 Å². The zero-order valence-corrected chi connectivity index (χ0v) is 11.2. The molecule has 1 rings (SSSR count). The molecule has 0 heterocycles. The van der Waals surface area contributed by atoms with Crippen LogP contribution in [0.2, 0.25) is 0 Å². The molecule has 0 aromatic heterocycles. The van der Waals surface area contributed by atoms with Gasteiger partial charge in [0.2, 0.25) is 0 Å². The maximum atomic E-state index is 5.66. The summed E-state index contributed by atoms with van der Waals surface area (Å²) < 4.78 is 16.5. The van der Waals surface area contributed by atoms with Gasteiger partial charge in [-0.05, 0) is 38.0 Å². The van der Waals surface area contributed by atoms with Crippen LogP contribution in [0, 0.1) is 0 Å². The standard InChI is InChI=1S/C14H22O3/c1-5-11-8-13(16-6-2)12(10-15-4)14(9-11)17-7-3/h8-9H,5-7,10H2,1-4H3. The molecule has 1 aromatic carbocycles. The van der Waals surface area contributed by atoms with E-state index < -0.39 is 0 Å². The van der Waals surface area contributed by atoms with Gasteiger partial charge >= 0.3 is 0 Å².